The third kappa shape index (κ3) is 1.87. The van der Waals surface area contributed by atoms with Gasteiger partial charge in [0.25, 0.3) is 5.56 Å². The van der Waals surface area contributed by atoms with Crippen molar-refractivity contribution in [3.05, 3.63) is 69.4 Å². The largest absolute Gasteiger partial charge is 0.353 e. The molecule has 0 aliphatic rings. The van der Waals surface area contributed by atoms with E-state index >= 15 is 0 Å². The lowest BCUT2D eigenvalue weighted by Crippen LogP contribution is -2.08. The number of aromatic amines is 3. The fraction of sp³-hybridized carbons (Fsp3) is 0. The minimum atomic E-state index is -0.166. The Morgan fingerprint density at radius 1 is 0.810 bits per heavy atom. The highest BCUT2D eigenvalue weighted by Crippen LogP contribution is 2.22. The zero-order valence-corrected chi connectivity index (χ0v) is 10.9. The molecule has 3 N–H and O–H groups in total. The molecule has 0 aliphatic carbocycles. The molecular weight excluding hydrogens is 266 g/mol. The smallest absolute Gasteiger partial charge is 0.257 e. The van der Waals surface area contributed by atoms with Gasteiger partial charge in [-0.25, -0.2) is 0 Å². The Bertz CT molecular complexity index is 1090. The van der Waals surface area contributed by atoms with Gasteiger partial charge in [-0.05, 0) is 23.6 Å². The summed E-state index contributed by atoms with van der Waals surface area (Å²) in [5.74, 6) is 0. The Morgan fingerprint density at radius 3 is 2.57 bits per heavy atom. The first-order valence-electron chi connectivity index (χ1n) is 6.54. The number of hydrogen-bond donors (Lipinski definition) is 3. The van der Waals surface area contributed by atoms with Crippen molar-refractivity contribution in [2.24, 2.45) is 0 Å². The van der Waals surface area contributed by atoms with E-state index in [1.165, 1.54) is 6.07 Å². The second kappa shape index (κ2) is 4.21. The maximum absolute atomic E-state index is 12.2. The highest BCUT2D eigenvalue weighted by atomic mass is 16.1. The Hall–Kier alpha value is -3.08. The van der Waals surface area contributed by atoms with E-state index in [2.05, 4.69) is 15.0 Å². The van der Waals surface area contributed by atoms with Crippen molar-refractivity contribution >= 4 is 21.8 Å². The number of aromatic nitrogens is 3. The SMILES string of the molecule is O=c1cc2cc(-c3cc4ccccc4[nH]c3=O)[nH]c2c[nH]1. The number of hydrogen-bond acceptors (Lipinski definition) is 2. The van der Waals surface area contributed by atoms with Gasteiger partial charge in [0.05, 0.1) is 16.8 Å². The van der Waals surface area contributed by atoms with Gasteiger partial charge in [-0.15, -0.1) is 0 Å². The van der Waals surface area contributed by atoms with Crippen LogP contribution in [0.4, 0.5) is 0 Å². The highest BCUT2D eigenvalue weighted by Gasteiger charge is 2.09. The lowest BCUT2D eigenvalue weighted by molar-refractivity contribution is 1.25. The van der Waals surface area contributed by atoms with Gasteiger partial charge >= 0.3 is 0 Å². The van der Waals surface area contributed by atoms with Crippen LogP contribution in [-0.4, -0.2) is 15.0 Å². The van der Waals surface area contributed by atoms with Crippen LogP contribution in [0.25, 0.3) is 33.1 Å². The molecule has 0 fully saturated rings. The standard InChI is InChI=1S/C16H11N3O2/c20-15-7-10-6-13(18-14(10)8-17-15)11-5-9-3-1-2-4-12(9)19-16(11)21/h1-8,18H,(H,17,20)(H,19,21). The summed E-state index contributed by atoms with van der Waals surface area (Å²) in [7, 11) is 0. The molecule has 0 spiro atoms. The number of benzene rings is 1. The van der Waals surface area contributed by atoms with Gasteiger partial charge in [-0.3, -0.25) is 9.59 Å². The quantitative estimate of drug-likeness (QED) is 0.499. The maximum Gasteiger partial charge on any atom is 0.257 e. The Labute approximate surface area is 118 Å². The Kier molecular flexibility index (Phi) is 2.35. The van der Waals surface area contributed by atoms with E-state index in [0.717, 1.165) is 21.8 Å². The fourth-order valence-electron chi connectivity index (χ4n) is 2.54. The summed E-state index contributed by atoms with van der Waals surface area (Å²) in [4.78, 5) is 32.2. The number of pyridine rings is 2. The molecule has 21 heavy (non-hydrogen) atoms. The van der Waals surface area contributed by atoms with Gasteiger partial charge in [-0.2, -0.15) is 0 Å². The summed E-state index contributed by atoms with van der Waals surface area (Å²) < 4.78 is 0. The lowest BCUT2D eigenvalue weighted by Gasteiger charge is -2.01. The molecule has 4 rings (SSSR count). The van der Waals surface area contributed by atoms with E-state index in [-0.39, 0.29) is 11.1 Å². The van der Waals surface area contributed by atoms with E-state index in [1.54, 1.807) is 6.20 Å². The number of para-hydroxylation sites is 1. The van der Waals surface area contributed by atoms with E-state index in [9.17, 15) is 9.59 Å². The summed E-state index contributed by atoms with van der Waals surface area (Å²) in [5, 5.41) is 1.74. The van der Waals surface area contributed by atoms with Gasteiger partial charge in [-0.1, -0.05) is 18.2 Å². The van der Waals surface area contributed by atoms with E-state index in [4.69, 9.17) is 0 Å². The van der Waals surface area contributed by atoms with E-state index in [0.29, 0.717) is 11.3 Å². The van der Waals surface area contributed by atoms with Gasteiger partial charge in [0.15, 0.2) is 0 Å². The van der Waals surface area contributed by atoms with Gasteiger partial charge in [0, 0.05) is 23.2 Å². The molecule has 5 heteroatoms. The summed E-state index contributed by atoms with van der Waals surface area (Å²) in [6.07, 6.45) is 1.61. The third-order valence-electron chi connectivity index (χ3n) is 3.57. The van der Waals surface area contributed by atoms with Crippen LogP contribution < -0.4 is 11.1 Å². The molecule has 4 aromatic rings. The van der Waals surface area contributed by atoms with Crippen molar-refractivity contribution in [2.75, 3.05) is 0 Å². The number of H-pyrrole nitrogens is 3. The highest BCUT2D eigenvalue weighted by molar-refractivity contribution is 5.88. The Morgan fingerprint density at radius 2 is 1.67 bits per heavy atom. The van der Waals surface area contributed by atoms with Crippen molar-refractivity contribution in [1.82, 2.24) is 15.0 Å². The first-order valence-corrected chi connectivity index (χ1v) is 6.54. The summed E-state index contributed by atoms with van der Waals surface area (Å²) in [6, 6.07) is 12.8. The summed E-state index contributed by atoms with van der Waals surface area (Å²) in [5.41, 5.74) is 2.51. The van der Waals surface area contributed by atoms with Crippen molar-refractivity contribution < 1.29 is 0 Å². The molecular formula is C16H11N3O2. The maximum atomic E-state index is 12.2. The molecule has 3 aromatic heterocycles. The Balaban J connectivity index is 2.01. The molecule has 0 unspecified atom stereocenters. The van der Waals surface area contributed by atoms with Crippen LogP contribution in [0, 0.1) is 0 Å². The molecule has 0 radical (unpaired) electrons. The van der Waals surface area contributed by atoms with Crippen LogP contribution in [0.5, 0.6) is 0 Å². The van der Waals surface area contributed by atoms with E-state index in [1.807, 2.05) is 36.4 Å². The topological polar surface area (TPSA) is 81.5 Å². The van der Waals surface area contributed by atoms with Gasteiger partial charge < -0.3 is 15.0 Å². The third-order valence-corrected chi connectivity index (χ3v) is 3.57. The van der Waals surface area contributed by atoms with Crippen molar-refractivity contribution in [3.8, 4) is 11.3 Å². The molecule has 0 aliphatic heterocycles. The van der Waals surface area contributed by atoms with E-state index < -0.39 is 0 Å². The van der Waals surface area contributed by atoms with Crippen LogP contribution in [0.15, 0.2) is 58.3 Å². The zero-order chi connectivity index (χ0) is 14.4. The van der Waals surface area contributed by atoms with Crippen molar-refractivity contribution in [1.29, 1.82) is 0 Å². The molecule has 0 amide bonds. The molecule has 5 nitrogen and oxygen atoms in total. The fourth-order valence-corrected chi connectivity index (χ4v) is 2.54. The van der Waals surface area contributed by atoms with Gasteiger partial charge in [0.1, 0.15) is 0 Å². The van der Waals surface area contributed by atoms with Crippen LogP contribution in [0.1, 0.15) is 0 Å². The predicted molar refractivity (Wildman–Crippen MR) is 82.5 cm³/mol. The zero-order valence-electron chi connectivity index (χ0n) is 10.9. The molecule has 102 valence electrons. The minimum Gasteiger partial charge on any atom is -0.353 e. The van der Waals surface area contributed by atoms with Crippen LogP contribution in [-0.2, 0) is 0 Å². The van der Waals surface area contributed by atoms with Crippen molar-refractivity contribution in [3.63, 3.8) is 0 Å². The predicted octanol–water partition coefficient (Wildman–Crippen LogP) is 2.36. The normalized spacial score (nSPS) is 11.2. The van der Waals surface area contributed by atoms with Gasteiger partial charge in [0.2, 0.25) is 5.56 Å². The molecule has 0 atom stereocenters. The molecule has 0 saturated carbocycles. The first kappa shape index (κ1) is 11.7. The van der Waals surface area contributed by atoms with Crippen LogP contribution in [0.2, 0.25) is 0 Å². The molecule has 0 bridgehead atoms. The lowest BCUT2D eigenvalue weighted by atomic mass is 10.1. The molecule has 3 heterocycles. The van der Waals surface area contributed by atoms with Crippen LogP contribution in [0.3, 0.4) is 0 Å². The average molecular weight is 277 g/mol. The second-order valence-electron chi connectivity index (χ2n) is 4.95. The summed E-state index contributed by atoms with van der Waals surface area (Å²) >= 11 is 0. The molecule has 1 aromatic carbocycles. The summed E-state index contributed by atoms with van der Waals surface area (Å²) in [6.45, 7) is 0. The van der Waals surface area contributed by atoms with Crippen LogP contribution >= 0.6 is 0 Å². The number of nitrogens with one attached hydrogen (secondary N) is 3. The molecule has 0 saturated heterocycles. The monoisotopic (exact) mass is 277 g/mol. The number of rotatable bonds is 1. The average Bonchev–Trinajstić information content (AvgIpc) is 2.89. The second-order valence-corrected chi connectivity index (χ2v) is 4.95. The minimum absolute atomic E-state index is 0.161. The number of fused-ring (bicyclic) bond motifs is 2. The van der Waals surface area contributed by atoms with Crippen molar-refractivity contribution in [2.45, 2.75) is 0 Å². The first-order chi connectivity index (χ1) is 10.2.